The van der Waals surface area contributed by atoms with Gasteiger partial charge >= 0.3 is 0 Å². The molecule has 5 nitrogen and oxygen atoms in total. The predicted molar refractivity (Wildman–Crippen MR) is 103 cm³/mol. The smallest absolute Gasteiger partial charge is 0.264 e. The van der Waals surface area contributed by atoms with Crippen molar-refractivity contribution in [2.75, 3.05) is 5.06 Å². The number of nitrogens with zero attached hydrogens (tertiary/aromatic N) is 2. The van der Waals surface area contributed by atoms with E-state index in [-0.39, 0.29) is 4.92 Å². The Labute approximate surface area is 154 Å². The Morgan fingerprint density at radius 2 is 1.65 bits per heavy atom. The highest BCUT2D eigenvalue weighted by atomic mass is 16.7. The van der Waals surface area contributed by atoms with E-state index in [1.807, 2.05) is 60.7 Å². The third kappa shape index (κ3) is 4.05. The molecule has 0 amide bonds. The summed E-state index contributed by atoms with van der Waals surface area (Å²) in [6.45, 7) is 2.16. The molecular formula is C21H26N2O3. The van der Waals surface area contributed by atoms with Gasteiger partial charge in [-0.3, -0.25) is 15.0 Å². The molecule has 3 atom stereocenters. The SMILES string of the molecule is CCCCCC[C@H]1ON(c2ccccc2)[C@H](c2ccccc2)[C@@H]1[N+](=O)[O-]. The lowest BCUT2D eigenvalue weighted by Crippen LogP contribution is -2.35. The highest BCUT2D eigenvalue weighted by molar-refractivity contribution is 5.48. The standard InChI is InChI=1S/C21H26N2O3/c1-2-3-4-11-16-19-21(23(24)25)20(17-12-7-5-8-13-17)22(26-19)18-14-9-6-10-15-18/h5-10,12-15,19-21H,2-4,11,16H2,1H3/t19-,20-,21-/m1/s1. The van der Waals surface area contributed by atoms with E-state index in [2.05, 4.69) is 6.92 Å². The van der Waals surface area contributed by atoms with Gasteiger partial charge in [0.2, 0.25) is 0 Å². The minimum absolute atomic E-state index is 0.162. The van der Waals surface area contributed by atoms with Crippen LogP contribution in [0.1, 0.15) is 50.6 Å². The maximum Gasteiger partial charge on any atom is 0.267 e. The average Bonchev–Trinajstić information content (AvgIpc) is 3.06. The van der Waals surface area contributed by atoms with E-state index in [0.29, 0.717) is 6.42 Å². The van der Waals surface area contributed by atoms with Gasteiger partial charge in [-0.1, -0.05) is 81.1 Å². The molecule has 2 aromatic rings. The van der Waals surface area contributed by atoms with Crippen LogP contribution < -0.4 is 5.06 Å². The van der Waals surface area contributed by atoms with E-state index in [9.17, 15) is 10.1 Å². The molecule has 0 spiro atoms. The van der Waals surface area contributed by atoms with E-state index in [1.165, 1.54) is 0 Å². The van der Waals surface area contributed by atoms with Gasteiger partial charge in [-0.15, -0.1) is 0 Å². The second-order valence-corrected chi connectivity index (χ2v) is 6.79. The van der Waals surface area contributed by atoms with Gasteiger partial charge in [-0.25, -0.2) is 5.06 Å². The number of benzene rings is 2. The summed E-state index contributed by atoms with van der Waals surface area (Å²) in [6.07, 6.45) is 4.63. The maximum atomic E-state index is 12.0. The van der Waals surface area contributed by atoms with E-state index in [0.717, 1.165) is 36.9 Å². The van der Waals surface area contributed by atoms with Crippen molar-refractivity contribution in [3.05, 3.63) is 76.3 Å². The zero-order valence-electron chi connectivity index (χ0n) is 15.2. The van der Waals surface area contributed by atoms with E-state index >= 15 is 0 Å². The summed E-state index contributed by atoms with van der Waals surface area (Å²) in [6, 6.07) is 18.1. The Bertz CT molecular complexity index is 693. The number of hydrogen-bond donors (Lipinski definition) is 0. The van der Waals surface area contributed by atoms with Gasteiger partial charge in [0, 0.05) is 4.92 Å². The molecule has 1 fully saturated rings. The van der Waals surface area contributed by atoms with Crippen LogP contribution in [-0.4, -0.2) is 17.1 Å². The number of anilines is 1. The molecule has 0 bridgehead atoms. The summed E-state index contributed by atoms with van der Waals surface area (Å²) >= 11 is 0. The molecule has 138 valence electrons. The van der Waals surface area contributed by atoms with Gasteiger partial charge in [-0.2, -0.15) is 0 Å². The molecule has 1 aliphatic heterocycles. The van der Waals surface area contributed by atoms with E-state index < -0.39 is 18.2 Å². The molecule has 1 saturated heterocycles. The molecule has 2 aromatic carbocycles. The molecular weight excluding hydrogens is 328 g/mol. The van der Waals surface area contributed by atoms with Crippen molar-refractivity contribution >= 4 is 5.69 Å². The lowest BCUT2D eigenvalue weighted by Gasteiger charge is -2.24. The number of rotatable bonds is 8. The number of hydroxylamine groups is 1. The molecule has 0 N–H and O–H groups in total. The van der Waals surface area contributed by atoms with Crippen molar-refractivity contribution in [1.82, 2.24) is 0 Å². The van der Waals surface area contributed by atoms with Crippen molar-refractivity contribution in [2.24, 2.45) is 0 Å². The molecule has 26 heavy (non-hydrogen) atoms. The number of nitro groups is 1. The number of hydrogen-bond acceptors (Lipinski definition) is 4. The fourth-order valence-corrected chi connectivity index (χ4v) is 3.64. The normalized spacial score (nSPS) is 22.5. The third-order valence-corrected chi connectivity index (χ3v) is 4.94. The summed E-state index contributed by atoms with van der Waals surface area (Å²) in [5, 5.41) is 13.7. The van der Waals surface area contributed by atoms with Crippen LogP contribution in [0, 0.1) is 10.1 Å². The van der Waals surface area contributed by atoms with Crippen LogP contribution in [0.3, 0.4) is 0 Å². The first kappa shape index (κ1) is 18.4. The first-order chi connectivity index (χ1) is 12.7. The zero-order chi connectivity index (χ0) is 18.4. The van der Waals surface area contributed by atoms with Crippen molar-refractivity contribution in [1.29, 1.82) is 0 Å². The molecule has 0 saturated carbocycles. The summed E-state index contributed by atoms with van der Waals surface area (Å²) in [4.78, 5) is 18.0. The van der Waals surface area contributed by atoms with Crippen LogP contribution in [0.4, 0.5) is 5.69 Å². The Hall–Kier alpha value is -2.40. The largest absolute Gasteiger partial charge is 0.267 e. The second kappa shape index (κ2) is 8.81. The van der Waals surface area contributed by atoms with Crippen LogP contribution in [0.15, 0.2) is 60.7 Å². The van der Waals surface area contributed by atoms with Gasteiger partial charge in [0.15, 0.2) is 12.1 Å². The lowest BCUT2D eigenvalue weighted by atomic mass is 9.93. The Kier molecular flexibility index (Phi) is 6.23. The molecule has 0 unspecified atom stereocenters. The fourth-order valence-electron chi connectivity index (χ4n) is 3.64. The monoisotopic (exact) mass is 354 g/mol. The van der Waals surface area contributed by atoms with Gasteiger partial charge in [0.1, 0.15) is 0 Å². The van der Waals surface area contributed by atoms with Crippen LogP contribution in [0.2, 0.25) is 0 Å². The highest BCUT2D eigenvalue weighted by Crippen LogP contribution is 2.41. The number of unbranched alkanes of at least 4 members (excludes halogenated alkanes) is 3. The summed E-state index contributed by atoms with van der Waals surface area (Å²) in [5.74, 6) is 0. The number of para-hydroxylation sites is 1. The van der Waals surface area contributed by atoms with Gasteiger partial charge in [0.05, 0.1) is 5.69 Å². The van der Waals surface area contributed by atoms with Crippen LogP contribution in [-0.2, 0) is 4.84 Å². The fraction of sp³-hybridized carbons (Fsp3) is 0.429. The van der Waals surface area contributed by atoms with Gasteiger partial charge < -0.3 is 0 Å². The van der Waals surface area contributed by atoms with Crippen molar-refractivity contribution in [3.8, 4) is 0 Å². The average molecular weight is 354 g/mol. The molecule has 1 aliphatic rings. The summed E-state index contributed by atoms with van der Waals surface area (Å²) in [5.41, 5.74) is 1.76. The molecule has 0 aromatic heterocycles. The topological polar surface area (TPSA) is 55.6 Å². The van der Waals surface area contributed by atoms with Crippen LogP contribution >= 0.6 is 0 Å². The minimum atomic E-state index is -0.778. The lowest BCUT2D eigenvalue weighted by molar-refractivity contribution is -0.530. The first-order valence-corrected chi connectivity index (χ1v) is 9.42. The predicted octanol–water partition coefficient (Wildman–Crippen LogP) is 5.16. The molecule has 0 radical (unpaired) electrons. The van der Waals surface area contributed by atoms with E-state index in [1.54, 1.807) is 5.06 Å². The zero-order valence-corrected chi connectivity index (χ0v) is 15.2. The highest BCUT2D eigenvalue weighted by Gasteiger charge is 2.52. The quantitative estimate of drug-likeness (QED) is 0.373. The Balaban J connectivity index is 1.90. The summed E-state index contributed by atoms with van der Waals surface area (Å²) in [7, 11) is 0. The van der Waals surface area contributed by atoms with Crippen molar-refractivity contribution in [3.63, 3.8) is 0 Å². The minimum Gasteiger partial charge on any atom is -0.264 e. The molecule has 3 rings (SSSR count). The molecule has 5 heteroatoms. The Morgan fingerprint density at radius 1 is 1.00 bits per heavy atom. The third-order valence-electron chi connectivity index (χ3n) is 4.94. The molecule has 1 heterocycles. The van der Waals surface area contributed by atoms with E-state index in [4.69, 9.17) is 4.84 Å². The maximum absolute atomic E-state index is 12.0. The van der Waals surface area contributed by atoms with Gasteiger partial charge in [-0.05, 0) is 24.1 Å². The summed E-state index contributed by atoms with van der Waals surface area (Å²) < 4.78 is 0. The van der Waals surface area contributed by atoms with Crippen LogP contribution in [0.5, 0.6) is 0 Å². The Morgan fingerprint density at radius 3 is 2.27 bits per heavy atom. The van der Waals surface area contributed by atoms with Crippen molar-refractivity contribution in [2.45, 2.75) is 57.2 Å². The van der Waals surface area contributed by atoms with Crippen molar-refractivity contribution < 1.29 is 9.76 Å². The second-order valence-electron chi connectivity index (χ2n) is 6.79. The van der Waals surface area contributed by atoms with Crippen LogP contribution in [0.25, 0.3) is 0 Å². The van der Waals surface area contributed by atoms with Gasteiger partial charge in [0.25, 0.3) is 6.04 Å². The molecule has 0 aliphatic carbocycles. The first-order valence-electron chi connectivity index (χ1n) is 9.42.